The molecule has 1 aliphatic carbocycles. The molecule has 0 N–H and O–H groups in total. The smallest absolute Gasteiger partial charge is 0.0373 e. The minimum Gasteiger partial charge on any atom is -0.296 e. The van der Waals surface area contributed by atoms with Crippen molar-refractivity contribution in [2.75, 3.05) is 7.05 Å². The molecule has 0 bridgehead atoms. The molecule has 1 heterocycles. The molecule has 0 atom stereocenters. The van der Waals surface area contributed by atoms with Crippen LogP contribution in [0.25, 0.3) is 38.9 Å². The van der Waals surface area contributed by atoms with Gasteiger partial charge in [0, 0.05) is 33.1 Å². The average Bonchev–Trinajstić information content (AvgIpc) is 3.21. The third-order valence-electron chi connectivity index (χ3n) is 5.98. The summed E-state index contributed by atoms with van der Waals surface area (Å²) in [6.07, 6.45) is 20.5. The Hall–Kier alpha value is -3.49. The van der Waals surface area contributed by atoms with Gasteiger partial charge < -0.3 is 0 Å². The summed E-state index contributed by atoms with van der Waals surface area (Å²) in [6, 6.07) is 13.5. The molecule has 1 aliphatic rings. The second kappa shape index (κ2) is 10.4. The van der Waals surface area contributed by atoms with Gasteiger partial charge in [-0.1, -0.05) is 86.0 Å². The largest absolute Gasteiger partial charge is 0.296 e. The van der Waals surface area contributed by atoms with E-state index in [1.807, 2.05) is 41.9 Å². The van der Waals surface area contributed by atoms with Crippen LogP contribution in [0.5, 0.6) is 0 Å². The first-order valence-electron chi connectivity index (χ1n) is 11.2. The van der Waals surface area contributed by atoms with E-state index in [0.717, 1.165) is 18.4 Å². The Morgan fingerprint density at radius 3 is 2.82 bits per heavy atom. The van der Waals surface area contributed by atoms with E-state index in [9.17, 15) is 0 Å². The predicted molar refractivity (Wildman–Crippen MR) is 149 cm³/mol. The van der Waals surface area contributed by atoms with Crippen LogP contribution >= 0.6 is 11.3 Å². The lowest BCUT2D eigenvalue weighted by Crippen LogP contribution is -2.21. The molecule has 4 rings (SSSR count). The van der Waals surface area contributed by atoms with Gasteiger partial charge in [-0.25, -0.2) is 0 Å². The first-order chi connectivity index (χ1) is 16.1. The molecular formula is C31H29NS. The van der Waals surface area contributed by atoms with E-state index in [-0.39, 0.29) is 0 Å². The number of allylic oxidation sites excluding steroid dienone is 7. The summed E-state index contributed by atoms with van der Waals surface area (Å²) in [5, 5.41) is 2.49. The van der Waals surface area contributed by atoms with E-state index in [1.165, 1.54) is 47.7 Å². The minimum atomic E-state index is 0.998. The number of nitrogens with zero attached hydrogens (tertiary/aromatic N) is 1. The topological polar surface area (TPSA) is 12.4 Å². The monoisotopic (exact) mass is 447 g/mol. The maximum atomic E-state index is 4.32. The zero-order valence-corrected chi connectivity index (χ0v) is 20.2. The third-order valence-corrected chi connectivity index (χ3v) is 7.09. The molecule has 1 nitrogen and oxygen atoms in total. The zero-order valence-electron chi connectivity index (χ0n) is 19.3. The van der Waals surface area contributed by atoms with Crippen LogP contribution in [0.2, 0.25) is 0 Å². The lowest BCUT2D eigenvalue weighted by Gasteiger charge is -2.15. The standard InChI is InChI=1S/C31H29NS/c1-5-6-7-8-12-22(2)23(3)31-28-18-17-25(21-30(28)33-29(31)19-20-32-4)27-16-11-14-24-13-9-10-15-26(24)27/h5-8,10-12,14-21H,1-2,9,13H2,3-4H3/b7-6?,12-8-,29-19+,31-23+,32-20?. The summed E-state index contributed by atoms with van der Waals surface area (Å²) >= 11 is 1.81. The first-order valence-corrected chi connectivity index (χ1v) is 12.1. The van der Waals surface area contributed by atoms with Gasteiger partial charge in [0.1, 0.15) is 0 Å². The Morgan fingerprint density at radius 1 is 1.12 bits per heavy atom. The van der Waals surface area contributed by atoms with Crippen LogP contribution in [-0.2, 0) is 6.42 Å². The Bertz CT molecular complexity index is 1450. The second-order valence-electron chi connectivity index (χ2n) is 8.08. The number of benzene rings is 2. The van der Waals surface area contributed by atoms with Crippen LogP contribution in [0, 0.1) is 0 Å². The molecule has 0 saturated heterocycles. The molecule has 2 aromatic carbocycles. The molecule has 3 aromatic rings. The van der Waals surface area contributed by atoms with E-state index in [0.29, 0.717) is 0 Å². The quantitative estimate of drug-likeness (QED) is 0.284. The highest BCUT2D eigenvalue weighted by Gasteiger charge is 2.12. The van der Waals surface area contributed by atoms with Crippen molar-refractivity contribution < 1.29 is 0 Å². The number of thiophene rings is 1. The van der Waals surface area contributed by atoms with Gasteiger partial charge in [0.05, 0.1) is 0 Å². The highest BCUT2D eigenvalue weighted by molar-refractivity contribution is 7.17. The molecular weight excluding hydrogens is 418 g/mol. The molecule has 2 heteroatoms. The van der Waals surface area contributed by atoms with Gasteiger partial charge in [0.15, 0.2) is 0 Å². The van der Waals surface area contributed by atoms with Crippen molar-refractivity contribution >= 4 is 45.4 Å². The molecule has 0 spiro atoms. The summed E-state index contributed by atoms with van der Waals surface area (Å²) in [5.74, 6) is 0. The molecule has 164 valence electrons. The van der Waals surface area contributed by atoms with Crippen molar-refractivity contribution in [3.63, 3.8) is 0 Å². The van der Waals surface area contributed by atoms with Crippen LogP contribution in [0.15, 0.2) is 96.6 Å². The lowest BCUT2D eigenvalue weighted by molar-refractivity contribution is 0.986. The van der Waals surface area contributed by atoms with Crippen molar-refractivity contribution in [1.82, 2.24) is 0 Å². The lowest BCUT2D eigenvalue weighted by atomic mass is 9.90. The van der Waals surface area contributed by atoms with Gasteiger partial charge in [0.25, 0.3) is 0 Å². The summed E-state index contributed by atoms with van der Waals surface area (Å²) in [5.41, 5.74) is 7.54. The normalized spacial score (nSPS) is 15.2. The number of fused-ring (bicyclic) bond motifs is 2. The van der Waals surface area contributed by atoms with E-state index < -0.39 is 0 Å². The van der Waals surface area contributed by atoms with Crippen molar-refractivity contribution in [2.24, 2.45) is 4.99 Å². The van der Waals surface area contributed by atoms with Crippen molar-refractivity contribution in [3.05, 3.63) is 112 Å². The van der Waals surface area contributed by atoms with E-state index in [1.54, 1.807) is 13.1 Å². The molecule has 0 radical (unpaired) electrons. The SMILES string of the molecule is C=CC=C/C=C\C(=C)/C(C)=c1/c(=C\C=NC)sc2cc(-c3cccc4c3C=CCC4)ccc12. The Morgan fingerprint density at radius 2 is 2.00 bits per heavy atom. The van der Waals surface area contributed by atoms with Gasteiger partial charge in [0.2, 0.25) is 0 Å². The maximum Gasteiger partial charge on any atom is 0.0373 e. The highest BCUT2D eigenvalue weighted by Crippen LogP contribution is 2.32. The van der Waals surface area contributed by atoms with Crippen molar-refractivity contribution in [2.45, 2.75) is 19.8 Å². The summed E-state index contributed by atoms with van der Waals surface area (Å²) in [6.45, 7) is 10.2. The number of hydrogen-bond donors (Lipinski definition) is 0. The molecule has 0 amide bonds. The maximum absolute atomic E-state index is 4.32. The highest BCUT2D eigenvalue weighted by atomic mass is 32.1. The van der Waals surface area contributed by atoms with Gasteiger partial charge in [-0.3, -0.25) is 4.99 Å². The van der Waals surface area contributed by atoms with Crippen LogP contribution in [0.4, 0.5) is 0 Å². The number of hydrogen-bond acceptors (Lipinski definition) is 2. The van der Waals surface area contributed by atoms with Gasteiger partial charge in [-0.05, 0) is 65.3 Å². The van der Waals surface area contributed by atoms with Crippen LogP contribution in [0.3, 0.4) is 0 Å². The van der Waals surface area contributed by atoms with Crippen molar-refractivity contribution in [1.29, 1.82) is 0 Å². The summed E-state index contributed by atoms with van der Waals surface area (Å²) in [7, 11) is 1.80. The molecule has 0 unspecified atom stereocenters. The fourth-order valence-corrected chi connectivity index (χ4v) is 5.45. The summed E-state index contributed by atoms with van der Waals surface area (Å²) < 4.78 is 2.48. The fraction of sp³-hybridized carbons (Fsp3) is 0.129. The first kappa shape index (κ1) is 22.7. The minimum absolute atomic E-state index is 0.998. The molecule has 1 aromatic heterocycles. The van der Waals surface area contributed by atoms with Crippen LogP contribution in [-0.4, -0.2) is 13.3 Å². The van der Waals surface area contributed by atoms with Gasteiger partial charge in [-0.2, -0.15) is 0 Å². The Kier molecular flexibility index (Phi) is 7.16. The number of rotatable bonds is 6. The van der Waals surface area contributed by atoms with Gasteiger partial charge >= 0.3 is 0 Å². The molecule has 0 aliphatic heterocycles. The van der Waals surface area contributed by atoms with Crippen LogP contribution in [0.1, 0.15) is 24.5 Å². The Labute approximate surface area is 200 Å². The zero-order chi connectivity index (χ0) is 23.2. The number of aliphatic imine (C=N–C) groups is 1. The second-order valence-corrected chi connectivity index (χ2v) is 9.16. The predicted octanol–water partition coefficient (Wildman–Crippen LogP) is 7.03. The Balaban J connectivity index is 1.90. The van der Waals surface area contributed by atoms with E-state index in [2.05, 4.69) is 79.7 Å². The average molecular weight is 448 g/mol. The summed E-state index contributed by atoms with van der Waals surface area (Å²) in [4.78, 5) is 4.18. The van der Waals surface area contributed by atoms with Crippen molar-refractivity contribution in [3.8, 4) is 11.1 Å². The van der Waals surface area contributed by atoms with Crippen LogP contribution < -0.4 is 9.75 Å². The third kappa shape index (κ3) is 4.81. The molecule has 33 heavy (non-hydrogen) atoms. The van der Waals surface area contributed by atoms with E-state index >= 15 is 0 Å². The number of aryl methyl sites for hydroxylation is 1. The van der Waals surface area contributed by atoms with E-state index in [4.69, 9.17) is 0 Å². The molecule has 0 saturated carbocycles. The van der Waals surface area contributed by atoms with Gasteiger partial charge in [-0.15, -0.1) is 11.3 Å². The fourth-order valence-electron chi connectivity index (χ4n) is 4.25. The molecule has 0 fully saturated rings.